The average molecular weight is 492 g/mol. The molecule has 0 bridgehead atoms. The van der Waals surface area contributed by atoms with E-state index in [0.717, 1.165) is 11.8 Å². The molecule has 96 valence electrons. The molecule has 0 spiro atoms. The van der Waals surface area contributed by atoms with Crippen molar-refractivity contribution in [2.24, 2.45) is 22.7 Å². The monoisotopic (exact) mass is 488 g/mol. The van der Waals surface area contributed by atoms with Gasteiger partial charge in [-0.2, -0.15) is 0 Å². The fourth-order valence-electron chi connectivity index (χ4n) is 5.18. The van der Waals surface area contributed by atoms with Crippen LogP contribution in [-0.2, 0) is 0 Å². The molecular weight excluding hydrogens is 476 g/mol. The number of fused-ring (bicyclic) bond motifs is 1. The van der Waals surface area contributed by atoms with E-state index in [-0.39, 0.29) is 6.47 Å². The van der Waals surface area contributed by atoms with Crippen LogP contribution < -0.4 is 0 Å². The van der Waals surface area contributed by atoms with Gasteiger partial charge >= 0.3 is 0 Å². The second kappa shape index (κ2) is 3.39. The van der Waals surface area contributed by atoms with Gasteiger partial charge in [-0.3, -0.25) is 0 Å². The van der Waals surface area contributed by atoms with E-state index in [0.29, 0.717) is 10.8 Å². The lowest BCUT2D eigenvalue weighted by Crippen LogP contribution is -2.19. The maximum Gasteiger partial charge on any atom is 0.0929 e. The van der Waals surface area contributed by atoms with E-state index in [9.17, 15) is 0 Å². The lowest BCUT2D eigenvalue weighted by atomic mass is 9.77. The summed E-state index contributed by atoms with van der Waals surface area (Å²) in [4.78, 5) is 0. The van der Waals surface area contributed by atoms with Crippen molar-refractivity contribution in [2.45, 2.75) is 51.4 Å². The number of halogens is 4. The molecule has 0 unspecified atom stereocenters. The molecule has 17 heavy (non-hydrogen) atoms. The van der Waals surface area contributed by atoms with Gasteiger partial charge in [0.1, 0.15) is 0 Å². The summed E-state index contributed by atoms with van der Waals surface area (Å²) in [5.74, 6) is 1.70. The van der Waals surface area contributed by atoms with Gasteiger partial charge in [0.25, 0.3) is 0 Å². The Morgan fingerprint density at radius 2 is 1.18 bits per heavy atom. The lowest BCUT2D eigenvalue weighted by Gasteiger charge is -2.26. The summed E-state index contributed by atoms with van der Waals surface area (Å²) < 4.78 is 0.534. The van der Waals surface area contributed by atoms with Crippen LogP contribution in [0.4, 0.5) is 0 Å². The maximum absolute atomic E-state index is 4.06. The SMILES string of the molecule is BrC1(Br)[C@@H]2C[C@]34CCCCC[C@]3(C[C@H]21)C4(Br)Br. The van der Waals surface area contributed by atoms with E-state index < -0.39 is 0 Å². The normalized spacial score (nSPS) is 57.2. The average Bonchev–Trinajstić information content (AvgIpc) is 2.99. The summed E-state index contributed by atoms with van der Waals surface area (Å²) in [6.07, 6.45) is 9.93. The first-order chi connectivity index (χ1) is 7.89. The molecule has 0 heterocycles. The molecule has 4 atom stereocenters. The Morgan fingerprint density at radius 1 is 0.706 bits per heavy atom. The minimum Gasteiger partial charge on any atom is -0.0721 e. The number of rotatable bonds is 0. The molecule has 0 amide bonds. The predicted molar refractivity (Wildman–Crippen MR) is 85.3 cm³/mol. The minimum atomic E-state index is 0.254. The zero-order chi connectivity index (χ0) is 12.1. The maximum atomic E-state index is 4.06. The first kappa shape index (κ1) is 12.6. The quantitative estimate of drug-likeness (QED) is 0.367. The molecule has 4 fully saturated rings. The zero-order valence-electron chi connectivity index (χ0n) is 9.62. The van der Waals surface area contributed by atoms with Gasteiger partial charge in [-0.15, -0.1) is 0 Å². The van der Waals surface area contributed by atoms with Gasteiger partial charge in [0.05, 0.1) is 6.47 Å². The molecule has 4 aliphatic carbocycles. The van der Waals surface area contributed by atoms with Crippen molar-refractivity contribution in [3.63, 3.8) is 0 Å². The number of hydrogen-bond donors (Lipinski definition) is 0. The van der Waals surface area contributed by atoms with E-state index in [2.05, 4.69) is 63.7 Å². The molecule has 0 aromatic rings. The zero-order valence-corrected chi connectivity index (χ0v) is 16.0. The van der Waals surface area contributed by atoms with E-state index in [1.807, 2.05) is 0 Å². The summed E-state index contributed by atoms with van der Waals surface area (Å²) in [7, 11) is 0. The van der Waals surface area contributed by atoms with Crippen LogP contribution in [0.1, 0.15) is 44.9 Å². The van der Waals surface area contributed by atoms with Crippen LogP contribution in [0.15, 0.2) is 0 Å². The van der Waals surface area contributed by atoms with E-state index >= 15 is 0 Å². The first-order valence-corrected chi connectivity index (χ1v) is 9.82. The molecule has 0 radical (unpaired) electrons. The third-order valence-electron chi connectivity index (χ3n) is 6.26. The molecule has 0 aliphatic heterocycles. The summed E-state index contributed by atoms with van der Waals surface area (Å²) >= 11 is 15.9. The van der Waals surface area contributed by atoms with Gasteiger partial charge in [-0.25, -0.2) is 0 Å². The Hall–Kier alpha value is 1.92. The Balaban J connectivity index is 1.75. The van der Waals surface area contributed by atoms with Gasteiger partial charge in [0.2, 0.25) is 0 Å². The highest BCUT2D eigenvalue weighted by Crippen LogP contribution is 2.93. The van der Waals surface area contributed by atoms with Gasteiger partial charge in [0, 0.05) is 10.8 Å². The molecule has 4 rings (SSSR count). The second-order valence-corrected chi connectivity index (χ2v) is 13.7. The van der Waals surface area contributed by atoms with Crippen molar-refractivity contribution in [2.75, 3.05) is 0 Å². The van der Waals surface area contributed by atoms with Crippen molar-refractivity contribution in [3.8, 4) is 0 Å². The summed E-state index contributed by atoms with van der Waals surface area (Å²) in [5, 5.41) is 0. The first-order valence-electron chi connectivity index (χ1n) is 6.65. The smallest absolute Gasteiger partial charge is 0.0721 e. The molecule has 4 aliphatic rings. The van der Waals surface area contributed by atoms with Crippen LogP contribution in [0.5, 0.6) is 0 Å². The van der Waals surface area contributed by atoms with Gasteiger partial charge in [-0.05, 0) is 37.5 Å². The molecule has 0 saturated heterocycles. The third kappa shape index (κ3) is 1.22. The Kier molecular flexibility index (Phi) is 2.52. The van der Waals surface area contributed by atoms with Crippen LogP contribution in [0.2, 0.25) is 0 Å². The van der Waals surface area contributed by atoms with E-state index in [1.54, 1.807) is 0 Å². The van der Waals surface area contributed by atoms with Gasteiger partial charge in [0.15, 0.2) is 0 Å². The van der Waals surface area contributed by atoms with E-state index in [4.69, 9.17) is 0 Å². The summed E-state index contributed by atoms with van der Waals surface area (Å²) in [6, 6.07) is 0. The molecular formula is C13H16Br4. The number of alkyl halides is 4. The fourth-order valence-corrected chi connectivity index (χ4v) is 9.60. The molecule has 0 aromatic heterocycles. The molecule has 0 N–H and O–H groups in total. The van der Waals surface area contributed by atoms with Crippen LogP contribution >= 0.6 is 63.7 Å². The summed E-state index contributed by atoms with van der Waals surface area (Å²) in [5.41, 5.74) is 1.09. The van der Waals surface area contributed by atoms with Crippen LogP contribution in [0, 0.1) is 22.7 Å². The highest BCUT2D eigenvalue weighted by Gasteiger charge is 2.89. The standard InChI is InChI=1S/C13H16Br4/c14-12(15)8-6-10-4-2-1-3-5-11(10,7-9(8)12)13(10,16)17/h8-9H,1-7H2/t8-,9-,10-,11-/m1/s1. The van der Waals surface area contributed by atoms with Gasteiger partial charge < -0.3 is 0 Å². The molecule has 4 saturated carbocycles. The molecule has 0 nitrogen and oxygen atoms in total. The van der Waals surface area contributed by atoms with Crippen LogP contribution in [-0.4, -0.2) is 6.47 Å². The molecule has 4 heteroatoms. The summed E-state index contributed by atoms with van der Waals surface area (Å²) in [6.45, 7) is 0. The van der Waals surface area contributed by atoms with Crippen molar-refractivity contribution in [3.05, 3.63) is 0 Å². The predicted octanol–water partition coefficient (Wildman–Crippen LogP) is 5.95. The van der Waals surface area contributed by atoms with Crippen molar-refractivity contribution in [1.82, 2.24) is 0 Å². The lowest BCUT2D eigenvalue weighted by molar-refractivity contribution is 0.214. The van der Waals surface area contributed by atoms with Crippen LogP contribution in [0.25, 0.3) is 0 Å². The Bertz CT molecular complexity index is 359. The van der Waals surface area contributed by atoms with Gasteiger partial charge in [-0.1, -0.05) is 83.0 Å². The second-order valence-electron chi connectivity index (χ2n) is 6.60. The van der Waals surface area contributed by atoms with E-state index in [1.165, 1.54) is 44.9 Å². The van der Waals surface area contributed by atoms with Crippen molar-refractivity contribution >= 4 is 63.7 Å². The highest BCUT2D eigenvalue weighted by atomic mass is 79.9. The number of hydrogen-bond acceptors (Lipinski definition) is 0. The van der Waals surface area contributed by atoms with Crippen molar-refractivity contribution < 1.29 is 0 Å². The molecule has 0 aromatic carbocycles. The Labute approximate surface area is 137 Å². The minimum absolute atomic E-state index is 0.254. The fraction of sp³-hybridized carbons (Fsp3) is 1.00. The van der Waals surface area contributed by atoms with Crippen molar-refractivity contribution in [1.29, 1.82) is 0 Å². The Morgan fingerprint density at radius 3 is 1.65 bits per heavy atom. The highest BCUT2D eigenvalue weighted by molar-refractivity contribution is 9.26. The topological polar surface area (TPSA) is 0 Å². The largest absolute Gasteiger partial charge is 0.0929 e. The van der Waals surface area contributed by atoms with Crippen LogP contribution in [0.3, 0.4) is 0 Å². The third-order valence-corrected chi connectivity index (χ3v) is 11.7.